The van der Waals surface area contributed by atoms with Crippen molar-refractivity contribution in [2.75, 3.05) is 32.3 Å². The van der Waals surface area contributed by atoms with E-state index >= 15 is 0 Å². The van der Waals surface area contributed by atoms with Crippen LogP contribution in [0.25, 0.3) is 0 Å². The second-order valence-electron chi connectivity index (χ2n) is 21.0. The molecular formula is C68H72N6O8. The molecule has 0 radical (unpaired) electrons. The van der Waals surface area contributed by atoms with Gasteiger partial charge in [-0.05, 0) is 186 Å². The second kappa shape index (κ2) is 27.5. The number of ether oxygens (including phenoxy) is 3. The molecule has 4 atom stereocenters. The van der Waals surface area contributed by atoms with Crippen molar-refractivity contribution in [1.29, 1.82) is 0 Å². The van der Waals surface area contributed by atoms with E-state index in [0.29, 0.717) is 81.6 Å². The van der Waals surface area contributed by atoms with Crippen LogP contribution in [0.2, 0.25) is 0 Å². The molecule has 0 bridgehead atoms. The van der Waals surface area contributed by atoms with Crippen LogP contribution in [0, 0.1) is 5.41 Å². The number of phenolic OH excluding ortho intramolecular Hbond substituents is 1. The highest BCUT2D eigenvalue weighted by Crippen LogP contribution is 2.35. The number of anilines is 6. The topological polar surface area (TPSA) is 202 Å². The SMILES string of the molecule is CCC(C)Nc1ccc(Oc2cccc(NC(=O)c3cc(O)cc(C(=O)C(C)(CC)CCCCC(C)Nc4ccc(Oc5cccc(NC(=O)c6cccc(C(=O)C(C)Nc7ccc(Oc8cccc(N)c8)cc7)c6)c5)cc4)c3)c2)cc1. The maximum atomic E-state index is 14.1. The van der Waals surface area contributed by atoms with Crippen molar-refractivity contribution in [3.8, 4) is 40.2 Å². The van der Waals surface area contributed by atoms with Gasteiger partial charge in [0.05, 0.1) is 6.04 Å². The minimum atomic E-state index is -0.703. The van der Waals surface area contributed by atoms with Gasteiger partial charge in [0.25, 0.3) is 11.8 Å². The molecule has 8 rings (SSSR count). The highest BCUT2D eigenvalue weighted by Gasteiger charge is 2.32. The van der Waals surface area contributed by atoms with Gasteiger partial charge in [-0.2, -0.15) is 0 Å². The summed E-state index contributed by atoms with van der Waals surface area (Å²) in [5.41, 5.74) is 10.7. The van der Waals surface area contributed by atoms with E-state index in [2.05, 4.69) is 47.4 Å². The molecule has 8 aromatic rings. The van der Waals surface area contributed by atoms with Crippen LogP contribution in [0.5, 0.6) is 40.2 Å². The van der Waals surface area contributed by atoms with Crippen LogP contribution < -0.4 is 46.5 Å². The molecule has 8 aromatic carbocycles. The van der Waals surface area contributed by atoms with Crippen molar-refractivity contribution in [1.82, 2.24) is 0 Å². The third-order valence-corrected chi connectivity index (χ3v) is 14.3. The highest BCUT2D eigenvalue weighted by atomic mass is 16.5. The number of nitrogens with two attached hydrogens (primary N) is 1. The molecule has 0 heterocycles. The number of Topliss-reactive ketones (excluding diaryl/α,β-unsaturated/α-hetero) is 2. The van der Waals surface area contributed by atoms with Gasteiger partial charge >= 0.3 is 0 Å². The lowest BCUT2D eigenvalue weighted by atomic mass is 9.75. The van der Waals surface area contributed by atoms with E-state index in [1.165, 1.54) is 12.1 Å². The number of nitrogens with one attached hydrogen (secondary N) is 5. The molecule has 4 unspecified atom stereocenters. The van der Waals surface area contributed by atoms with Gasteiger partial charge in [0, 0.05) is 92.1 Å². The van der Waals surface area contributed by atoms with Gasteiger partial charge in [0.15, 0.2) is 11.6 Å². The molecule has 0 fully saturated rings. The Balaban J connectivity index is 0.768. The van der Waals surface area contributed by atoms with E-state index in [1.54, 1.807) is 110 Å². The van der Waals surface area contributed by atoms with Crippen LogP contribution in [0.15, 0.2) is 188 Å². The van der Waals surface area contributed by atoms with Gasteiger partial charge in [-0.15, -0.1) is 0 Å². The van der Waals surface area contributed by atoms with E-state index in [0.717, 1.165) is 42.7 Å². The lowest BCUT2D eigenvalue weighted by Gasteiger charge is -2.27. The van der Waals surface area contributed by atoms with Crippen LogP contribution in [-0.2, 0) is 0 Å². The maximum Gasteiger partial charge on any atom is 0.255 e. The van der Waals surface area contributed by atoms with E-state index < -0.39 is 17.4 Å². The van der Waals surface area contributed by atoms with Crippen LogP contribution in [0.3, 0.4) is 0 Å². The Morgan fingerprint density at radius 2 is 0.951 bits per heavy atom. The van der Waals surface area contributed by atoms with Crippen molar-refractivity contribution in [3.63, 3.8) is 0 Å². The van der Waals surface area contributed by atoms with E-state index in [4.69, 9.17) is 19.9 Å². The Morgan fingerprint density at radius 3 is 1.49 bits per heavy atom. The molecular weight excluding hydrogens is 1030 g/mol. The average Bonchev–Trinajstić information content (AvgIpc) is 3.59. The Hall–Kier alpha value is -9.56. The molecule has 422 valence electrons. The largest absolute Gasteiger partial charge is 0.508 e. The summed E-state index contributed by atoms with van der Waals surface area (Å²) in [5.74, 6) is 2.31. The first-order chi connectivity index (χ1) is 39.5. The smallest absolute Gasteiger partial charge is 0.255 e. The number of benzene rings is 8. The van der Waals surface area contributed by atoms with Crippen LogP contribution in [-0.4, -0.2) is 46.6 Å². The summed E-state index contributed by atoms with van der Waals surface area (Å²) in [4.78, 5) is 54.6. The number of ketones is 2. The average molecular weight is 1100 g/mol. The zero-order valence-electron chi connectivity index (χ0n) is 47.3. The third-order valence-electron chi connectivity index (χ3n) is 14.3. The van der Waals surface area contributed by atoms with Gasteiger partial charge in [0.2, 0.25) is 0 Å². The quantitative estimate of drug-likeness (QED) is 0.0146. The standard InChI is InChI=1S/C68H72N6O8/c1-7-44(3)70-52-24-30-59(31-25-52)81-63-23-14-20-56(43-63)74-67(79)50-38-49(39-57(75)40-50)65(77)68(6,8-2)36-10-9-15-45(4)71-53-26-32-60(33-27-53)82-62-22-13-19-55(42-62)73-66(78)48-17-11-16-47(37-48)64(76)46(5)72-54-28-34-58(35-29-54)80-61-21-12-18-51(69)41-61/h11-14,16-35,37-46,70-72,75H,7-10,15,36,69H2,1-6H3,(H,73,78)(H,74,79). The zero-order valence-corrected chi connectivity index (χ0v) is 47.3. The predicted molar refractivity (Wildman–Crippen MR) is 329 cm³/mol. The van der Waals surface area contributed by atoms with Gasteiger partial charge < -0.3 is 51.6 Å². The summed E-state index contributed by atoms with van der Waals surface area (Å²) in [6.07, 6.45) is 4.79. The first-order valence-corrected chi connectivity index (χ1v) is 27.9. The number of nitrogen functional groups attached to an aromatic ring is 1. The maximum absolute atomic E-state index is 14.1. The van der Waals surface area contributed by atoms with Crippen molar-refractivity contribution >= 4 is 57.5 Å². The van der Waals surface area contributed by atoms with Crippen molar-refractivity contribution < 1.29 is 38.5 Å². The molecule has 0 aliphatic heterocycles. The predicted octanol–water partition coefficient (Wildman–Crippen LogP) is 16.4. The molecule has 0 aromatic heterocycles. The highest BCUT2D eigenvalue weighted by molar-refractivity contribution is 6.09. The number of aromatic hydroxyl groups is 1. The minimum Gasteiger partial charge on any atom is -0.508 e. The van der Waals surface area contributed by atoms with Crippen molar-refractivity contribution in [2.45, 2.75) is 98.2 Å². The molecule has 0 saturated heterocycles. The fraction of sp³-hybridized carbons (Fsp3) is 0.235. The van der Waals surface area contributed by atoms with Crippen LogP contribution in [0.4, 0.5) is 34.1 Å². The summed E-state index contributed by atoms with van der Waals surface area (Å²) >= 11 is 0. The molecule has 82 heavy (non-hydrogen) atoms. The monoisotopic (exact) mass is 1100 g/mol. The van der Waals surface area contributed by atoms with Crippen LogP contribution in [0.1, 0.15) is 121 Å². The number of amides is 2. The van der Waals surface area contributed by atoms with Gasteiger partial charge in [-0.25, -0.2) is 0 Å². The van der Waals surface area contributed by atoms with Gasteiger partial charge in [0.1, 0.15) is 40.2 Å². The summed E-state index contributed by atoms with van der Waals surface area (Å²) < 4.78 is 18.1. The molecule has 14 heteroatoms. The molecule has 2 amide bonds. The summed E-state index contributed by atoms with van der Waals surface area (Å²) in [6, 6.07) is 54.9. The molecule has 8 N–H and O–H groups in total. The third kappa shape index (κ3) is 16.5. The fourth-order valence-corrected chi connectivity index (χ4v) is 9.29. The Kier molecular flexibility index (Phi) is 19.7. The second-order valence-corrected chi connectivity index (χ2v) is 21.0. The number of carbonyl (C=O) groups is 4. The fourth-order valence-electron chi connectivity index (χ4n) is 9.29. The van der Waals surface area contributed by atoms with Gasteiger partial charge in [-0.3, -0.25) is 19.2 Å². The summed E-state index contributed by atoms with van der Waals surface area (Å²) in [7, 11) is 0. The van der Waals surface area contributed by atoms with E-state index in [9.17, 15) is 24.3 Å². The first-order valence-electron chi connectivity index (χ1n) is 27.9. The lowest BCUT2D eigenvalue weighted by Crippen LogP contribution is -2.28. The van der Waals surface area contributed by atoms with Crippen LogP contribution >= 0.6 is 0 Å². The Labute approximate surface area is 480 Å². The normalized spacial score (nSPS) is 12.8. The number of phenols is 1. The number of hydrogen-bond acceptors (Lipinski definition) is 12. The molecule has 0 saturated carbocycles. The number of unbranched alkanes of at least 4 members (excludes halogenated alkanes) is 1. The molecule has 0 aliphatic rings. The Morgan fingerprint density at radius 1 is 0.488 bits per heavy atom. The summed E-state index contributed by atoms with van der Waals surface area (Å²) in [5, 5.41) is 26.8. The molecule has 14 nitrogen and oxygen atoms in total. The first kappa shape index (κ1) is 58.6. The summed E-state index contributed by atoms with van der Waals surface area (Å²) in [6.45, 7) is 12.1. The van der Waals surface area contributed by atoms with Gasteiger partial charge in [-0.1, -0.05) is 63.9 Å². The zero-order chi connectivity index (χ0) is 58.2. The van der Waals surface area contributed by atoms with Crippen molar-refractivity contribution in [3.05, 3.63) is 210 Å². The molecule has 0 aliphatic carbocycles. The molecule has 0 spiro atoms. The van der Waals surface area contributed by atoms with E-state index in [-0.39, 0.29) is 40.4 Å². The number of hydrogen-bond donors (Lipinski definition) is 7. The van der Waals surface area contributed by atoms with Crippen molar-refractivity contribution in [2.24, 2.45) is 5.41 Å². The lowest BCUT2D eigenvalue weighted by molar-refractivity contribution is 0.0789. The van der Waals surface area contributed by atoms with E-state index in [1.807, 2.05) is 86.6 Å². The Bertz CT molecular complexity index is 3480. The number of rotatable bonds is 27. The minimum absolute atomic E-state index is 0.122. The number of carbonyl (C=O) groups excluding carboxylic acids is 4.